The first-order chi connectivity index (χ1) is 11.8. The maximum absolute atomic E-state index is 2.54. The predicted octanol–water partition coefficient (Wildman–Crippen LogP) is 6.15. The highest BCUT2D eigenvalue weighted by Crippen LogP contribution is 2.24. The van der Waals surface area contributed by atoms with Gasteiger partial charge in [-0.3, -0.25) is 0 Å². The summed E-state index contributed by atoms with van der Waals surface area (Å²) < 4.78 is 0. The van der Waals surface area contributed by atoms with Gasteiger partial charge < -0.3 is 9.80 Å². The average molecular weight is 329 g/mol. The van der Waals surface area contributed by atoms with E-state index in [-0.39, 0.29) is 0 Å². The van der Waals surface area contributed by atoms with Crippen molar-refractivity contribution < 1.29 is 0 Å². The molecule has 2 nitrogen and oxygen atoms in total. The van der Waals surface area contributed by atoms with Crippen molar-refractivity contribution >= 4 is 0 Å². The molecule has 1 aliphatic heterocycles. The van der Waals surface area contributed by atoms with Gasteiger partial charge in [-0.1, -0.05) is 82.7 Å². The van der Waals surface area contributed by atoms with Crippen LogP contribution in [0.2, 0.25) is 0 Å². The van der Waals surface area contributed by atoms with Crippen LogP contribution in [0.4, 0.5) is 0 Å². The lowest BCUT2D eigenvalue weighted by molar-refractivity contribution is 0.134. The predicted molar refractivity (Wildman–Crippen MR) is 105 cm³/mol. The van der Waals surface area contributed by atoms with E-state index < -0.39 is 0 Å². The quantitative estimate of drug-likeness (QED) is 0.424. The minimum absolute atomic E-state index is 0.556. The molecule has 1 aliphatic rings. The van der Waals surface area contributed by atoms with Crippen LogP contribution < -0.4 is 0 Å². The van der Waals surface area contributed by atoms with E-state index in [0.29, 0.717) is 6.17 Å². The van der Waals surface area contributed by atoms with Crippen LogP contribution in [0.3, 0.4) is 0 Å². The minimum Gasteiger partial charge on any atom is -0.356 e. The second-order valence-electron chi connectivity index (χ2n) is 7.08. The third-order valence-corrected chi connectivity index (χ3v) is 4.97. The summed E-state index contributed by atoms with van der Waals surface area (Å²) >= 11 is 0. The van der Waals surface area contributed by atoms with E-state index >= 15 is 0 Å². The van der Waals surface area contributed by atoms with Crippen LogP contribution in [-0.2, 0) is 6.54 Å². The molecule has 2 rings (SSSR count). The Bertz CT molecular complexity index is 454. The zero-order valence-corrected chi connectivity index (χ0v) is 15.8. The number of rotatable bonds is 12. The van der Waals surface area contributed by atoms with E-state index in [1.54, 1.807) is 0 Å². The summed E-state index contributed by atoms with van der Waals surface area (Å²) in [7, 11) is 0. The Labute approximate surface area is 149 Å². The molecule has 1 aromatic carbocycles. The van der Waals surface area contributed by atoms with Crippen LogP contribution in [0, 0.1) is 0 Å². The van der Waals surface area contributed by atoms with Crippen molar-refractivity contribution in [2.75, 3.05) is 6.54 Å². The van der Waals surface area contributed by atoms with Gasteiger partial charge in [0.15, 0.2) is 0 Å². The lowest BCUT2D eigenvalue weighted by Crippen LogP contribution is -2.38. The standard InChI is InChI=1S/C22H36N2/c1-3-5-6-7-8-9-13-16-22-23(17-4-2)18-19-24(22)20-21-14-11-10-12-15-21/h10-12,14-15,18-19,22H,3-9,13,16-17,20H2,1-2H3. The van der Waals surface area contributed by atoms with E-state index in [9.17, 15) is 0 Å². The molecular weight excluding hydrogens is 292 g/mol. The number of hydrogen-bond donors (Lipinski definition) is 0. The molecule has 0 aliphatic carbocycles. The maximum atomic E-state index is 2.54. The highest BCUT2D eigenvalue weighted by Gasteiger charge is 2.24. The first-order valence-corrected chi connectivity index (χ1v) is 10.1. The lowest BCUT2D eigenvalue weighted by Gasteiger charge is -2.33. The summed E-state index contributed by atoms with van der Waals surface area (Å²) in [5, 5.41) is 0. The summed E-state index contributed by atoms with van der Waals surface area (Å²) in [6, 6.07) is 10.9. The van der Waals surface area contributed by atoms with Crippen molar-refractivity contribution in [3.8, 4) is 0 Å². The molecule has 0 N–H and O–H groups in total. The SMILES string of the molecule is CCCCCCCCCC1N(CCC)C=CN1Cc1ccccc1. The van der Waals surface area contributed by atoms with Crippen LogP contribution in [0.5, 0.6) is 0 Å². The monoisotopic (exact) mass is 328 g/mol. The Balaban J connectivity index is 1.78. The highest BCUT2D eigenvalue weighted by atomic mass is 15.4. The van der Waals surface area contributed by atoms with Crippen molar-refractivity contribution in [1.29, 1.82) is 0 Å². The van der Waals surface area contributed by atoms with E-state index in [2.05, 4.69) is 66.4 Å². The third-order valence-electron chi connectivity index (χ3n) is 4.97. The lowest BCUT2D eigenvalue weighted by atomic mass is 10.1. The van der Waals surface area contributed by atoms with Crippen molar-refractivity contribution in [3.05, 3.63) is 48.3 Å². The molecule has 0 saturated heterocycles. The number of benzene rings is 1. The smallest absolute Gasteiger partial charge is 0.101 e. The summed E-state index contributed by atoms with van der Waals surface area (Å²) in [6.45, 7) is 6.76. The van der Waals surface area contributed by atoms with E-state index in [1.165, 1.54) is 69.9 Å². The molecule has 1 aromatic rings. The van der Waals surface area contributed by atoms with Gasteiger partial charge in [-0.05, 0) is 24.8 Å². The molecule has 0 spiro atoms. The first kappa shape index (κ1) is 18.9. The van der Waals surface area contributed by atoms with Gasteiger partial charge in [-0.15, -0.1) is 0 Å². The number of unbranched alkanes of at least 4 members (excludes halogenated alkanes) is 6. The summed E-state index contributed by atoms with van der Waals surface area (Å²) in [5.41, 5.74) is 1.41. The molecule has 0 radical (unpaired) electrons. The second kappa shape index (κ2) is 11.2. The van der Waals surface area contributed by atoms with Crippen LogP contribution in [0.15, 0.2) is 42.7 Å². The second-order valence-corrected chi connectivity index (χ2v) is 7.08. The first-order valence-electron chi connectivity index (χ1n) is 10.1. The number of nitrogens with zero attached hydrogens (tertiary/aromatic N) is 2. The topological polar surface area (TPSA) is 6.48 Å². The fourth-order valence-corrected chi connectivity index (χ4v) is 3.61. The van der Waals surface area contributed by atoms with Gasteiger partial charge in [-0.25, -0.2) is 0 Å². The Morgan fingerprint density at radius 1 is 0.750 bits per heavy atom. The third kappa shape index (κ3) is 6.22. The summed E-state index contributed by atoms with van der Waals surface area (Å²) in [4.78, 5) is 5.07. The van der Waals surface area contributed by atoms with Crippen molar-refractivity contribution in [2.24, 2.45) is 0 Å². The molecule has 1 unspecified atom stereocenters. The van der Waals surface area contributed by atoms with Gasteiger partial charge in [0, 0.05) is 25.5 Å². The number of hydrogen-bond acceptors (Lipinski definition) is 2. The Hall–Kier alpha value is -1.44. The molecule has 0 saturated carbocycles. The summed E-state index contributed by atoms with van der Waals surface area (Å²) in [6.07, 6.45) is 17.4. The summed E-state index contributed by atoms with van der Waals surface area (Å²) in [5.74, 6) is 0. The molecule has 1 atom stereocenters. The van der Waals surface area contributed by atoms with Crippen LogP contribution in [0.25, 0.3) is 0 Å². The van der Waals surface area contributed by atoms with Crippen LogP contribution in [0.1, 0.15) is 77.2 Å². The minimum atomic E-state index is 0.556. The zero-order chi connectivity index (χ0) is 17.0. The Morgan fingerprint density at radius 3 is 2.12 bits per heavy atom. The Morgan fingerprint density at radius 2 is 1.42 bits per heavy atom. The molecule has 1 heterocycles. The van der Waals surface area contributed by atoms with E-state index in [0.717, 1.165) is 6.54 Å². The van der Waals surface area contributed by atoms with Gasteiger partial charge in [0.1, 0.15) is 6.17 Å². The fraction of sp³-hybridized carbons (Fsp3) is 0.636. The molecule has 24 heavy (non-hydrogen) atoms. The molecule has 0 bridgehead atoms. The van der Waals surface area contributed by atoms with Crippen molar-refractivity contribution in [3.63, 3.8) is 0 Å². The average Bonchev–Trinajstić information content (AvgIpc) is 2.97. The molecule has 0 fully saturated rings. The van der Waals surface area contributed by atoms with Crippen LogP contribution in [-0.4, -0.2) is 22.5 Å². The van der Waals surface area contributed by atoms with Crippen molar-refractivity contribution in [2.45, 2.75) is 84.3 Å². The highest BCUT2D eigenvalue weighted by molar-refractivity contribution is 5.15. The maximum Gasteiger partial charge on any atom is 0.101 e. The van der Waals surface area contributed by atoms with E-state index in [1.807, 2.05) is 0 Å². The van der Waals surface area contributed by atoms with Crippen molar-refractivity contribution in [1.82, 2.24) is 9.80 Å². The van der Waals surface area contributed by atoms with Gasteiger partial charge in [0.05, 0.1) is 0 Å². The molecule has 0 amide bonds. The van der Waals surface area contributed by atoms with Crippen LogP contribution >= 0.6 is 0 Å². The largest absolute Gasteiger partial charge is 0.356 e. The van der Waals surface area contributed by atoms with E-state index in [4.69, 9.17) is 0 Å². The zero-order valence-electron chi connectivity index (χ0n) is 15.8. The Kier molecular flexibility index (Phi) is 8.80. The van der Waals surface area contributed by atoms with Gasteiger partial charge in [-0.2, -0.15) is 0 Å². The fourth-order valence-electron chi connectivity index (χ4n) is 3.61. The van der Waals surface area contributed by atoms with Gasteiger partial charge in [0.2, 0.25) is 0 Å². The molecule has 0 aromatic heterocycles. The van der Waals surface area contributed by atoms with Gasteiger partial charge >= 0.3 is 0 Å². The molecule has 2 heteroatoms. The normalized spacial score (nSPS) is 17.0. The molecular formula is C22H36N2. The van der Waals surface area contributed by atoms with Gasteiger partial charge in [0.25, 0.3) is 0 Å². The molecule has 134 valence electrons.